The highest BCUT2D eigenvalue weighted by Gasteiger charge is 2.33. The van der Waals surface area contributed by atoms with Crippen LogP contribution < -0.4 is 5.32 Å². The average Bonchev–Trinajstić information content (AvgIpc) is 3.93. The minimum atomic E-state index is -1.20. The van der Waals surface area contributed by atoms with Crippen LogP contribution in [0.15, 0.2) is 79.0 Å². The van der Waals surface area contributed by atoms with Gasteiger partial charge in [-0.3, -0.25) is 14.6 Å². The van der Waals surface area contributed by atoms with E-state index in [1.165, 1.54) is 5.56 Å². The molecule has 3 aliphatic rings. The summed E-state index contributed by atoms with van der Waals surface area (Å²) in [5.74, 6) is -3.04. The lowest BCUT2D eigenvalue weighted by Crippen LogP contribution is -2.32. The number of amides is 1. The summed E-state index contributed by atoms with van der Waals surface area (Å²) in [6.45, 7) is 4.17. The Morgan fingerprint density at radius 3 is 2.31 bits per heavy atom. The number of rotatable bonds is 8. The first-order chi connectivity index (χ1) is 23.4. The third kappa shape index (κ3) is 8.88. The SMILES string of the molecule is O=C1CCCN1.O=CC1CC(c2ccccc2)CN1Cn1ccnc1.[N-]=[N+]=Nc1c(F)cc(F)c(C2CCN(Cn3ccnc3)C2)c1F. The van der Waals surface area contributed by atoms with Gasteiger partial charge in [-0.05, 0) is 36.3 Å². The minimum absolute atomic E-state index is 0.00704. The van der Waals surface area contributed by atoms with Gasteiger partial charge in [-0.25, -0.2) is 23.1 Å². The van der Waals surface area contributed by atoms with Gasteiger partial charge >= 0.3 is 0 Å². The summed E-state index contributed by atoms with van der Waals surface area (Å²) < 4.78 is 45.8. The molecule has 15 heteroatoms. The Morgan fingerprint density at radius 2 is 1.73 bits per heavy atom. The predicted octanol–water partition coefficient (Wildman–Crippen LogP) is 5.48. The fraction of sp³-hybridized carbons (Fsp3) is 0.394. The van der Waals surface area contributed by atoms with Crippen LogP contribution in [0.25, 0.3) is 10.4 Å². The van der Waals surface area contributed by atoms with E-state index in [9.17, 15) is 22.8 Å². The number of imidazole rings is 2. The Labute approximate surface area is 275 Å². The molecule has 3 atom stereocenters. The van der Waals surface area contributed by atoms with Crippen molar-refractivity contribution in [3.8, 4) is 0 Å². The molecule has 7 rings (SSSR count). The van der Waals surface area contributed by atoms with Crippen molar-refractivity contribution in [2.75, 3.05) is 26.2 Å². The molecule has 4 aromatic rings. The normalized spacial score (nSPS) is 20.6. The zero-order valence-corrected chi connectivity index (χ0v) is 26.3. The number of azide groups is 1. The molecule has 1 amide bonds. The van der Waals surface area contributed by atoms with Gasteiger partial charge in [0.15, 0.2) is 0 Å². The molecule has 252 valence electrons. The molecular weight excluding hydrogens is 625 g/mol. The maximum Gasteiger partial charge on any atom is 0.220 e. The van der Waals surface area contributed by atoms with Crippen LogP contribution in [0.5, 0.6) is 0 Å². The maximum atomic E-state index is 14.4. The van der Waals surface area contributed by atoms with Gasteiger partial charge in [0.25, 0.3) is 0 Å². The smallest absolute Gasteiger partial charge is 0.220 e. The van der Waals surface area contributed by atoms with Crippen molar-refractivity contribution in [3.63, 3.8) is 0 Å². The molecule has 3 saturated heterocycles. The second kappa shape index (κ2) is 16.7. The van der Waals surface area contributed by atoms with Crippen LogP contribution in [0, 0.1) is 17.5 Å². The van der Waals surface area contributed by atoms with Crippen molar-refractivity contribution in [1.29, 1.82) is 0 Å². The van der Waals surface area contributed by atoms with Crippen molar-refractivity contribution < 1.29 is 22.8 Å². The van der Waals surface area contributed by atoms with Crippen molar-refractivity contribution in [2.24, 2.45) is 5.11 Å². The maximum absolute atomic E-state index is 14.4. The summed E-state index contributed by atoms with van der Waals surface area (Å²) in [5.41, 5.74) is 8.71. The van der Waals surface area contributed by atoms with E-state index >= 15 is 0 Å². The first-order valence-electron chi connectivity index (χ1n) is 15.7. The Hall–Kier alpha value is -4.98. The monoisotopic (exact) mass is 662 g/mol. The second-order valence-electron chi connectivity index (χ2n) is 11.9. The molecule has 0 saturated carbocycles. The van der Waals surface area contributed by atoms with E-state index in [1.807, 2.05) is 26.3 Å². The molecule has 0 radical (unpaired) electrons. The first kappa shape index (κ1) is 34.4. The van der Waals surface area contributed by atoms with Crippen molar-refractivity contribution in [1.82, 2.24) is 34.2 Å². The van der Waals surface area contributed by atoms with Gasteiger partial charge in [-0.2, -0.15) is 0 Å². The van der Waals surface area contributed by atoms with Gasteiger partial charge in [0.05, 0.1) is 32.0 Å². The Balaban J connectivity index is 0.000000162. The van der Waals surface area contributed by atoms with Gasteiger partial charge in [0.1, 0.15) is 29.4 Å². The van der Waals surface area contributed by atoms with Gasteiger partial charge in [0.2, 0.25) is 5.91 Å². The van der Waals surface area contributed by atoms with Crippen LogP contribution in [0.2, 0.25) is 0 Å². The number of nitrogens with zero attached hydrogens (tertiary/aromatic N) is 9. The van der Waals surface area contributed by atoms with Gasteiger partial charge in [-0.1, -0.05) is 35.4 Å². The Morgan fingerprint density at radius 1 is 1.00 bits per heavy atom. The fourth-order valence-electron chi connectivity index (χ4n) is 6.25. The highest BCUT2D eigenvalue weighted by Crippen LogP contribution is 2.36. The summed E-state index contributed by atoms with van der Waals surface area (Å²) >= 11 is 0. The zero-order chi connectivity index (χ0) is 33.9. The van der Waals surface area contributed by atoms with Crippen molar-refractivity contribution in [3.05, 3.63) is 113 Å². The number of hydrogen-bond acceptors (Lipinski definition) is 7. The largest absolute Gasteiger partial charge is 0.356 e. The molecule has 3 aliphatic heterocycles. The lowest BCUT2D eigenvalue weighted by molar-refractivity contribution is -0.119. The van der Waals surface area contributed by atoms with Gasteiger partial charge < -0.3 is 19.2 Å². The number of carbonyl (C=O) groups excluding carboxylic acids is 2. The predicted molar refractivity (Wildman–Crippen MR) is 171 cm³/mol. The molecule has 3 fully saturated rings. The molecule has 48 heavy (non-hydrogen) atoms. The summed E-state index contributed by atoms with van der Waals surface area (Å²) in [4.78, 5) is 36.0. The van der Waals surface area contributed by atoms with Crippen LogP contribution in [-0.2, 0) is 22.9 Å². The van der Waals surface area contributed by atoms with Crippen LogP contribution in [-0.4, -0.2) is 73.3 Å². The molecule has 0 spiro atoms. The number of benzene rings is 2. The lowest BCUT2D eigenvalue weighted by atomic mass is 9.96. The molecule has 5 heterocycles. The number of carbonyl (C=O) groups is 2. The summed E-state index contributed by atoms with van der Waals surface area (Å²) in [7, 11) is 0. The number of aldehydes is 1. The van der Waals surface area contributed by atoms with E-state index in [-0.39, 0.29) is 17.5 Å². The standard InChI is InChI=1S/C15H17N3O.C14H13F3N6.C4H7NO/c19-10-15-8-14(13-4-2-1-3-5-13)9-18(15)12-17-7-6-16-11-17;15-10-5-11(16)14(20-21-18)13(17)12(10)9-1-3-22(6-9)8-23-4-2-19-7-23;6-4-2-1-3-5-4/h1-7,10-11,14-15H,8-9,12H2;2,4-5,7,9H,1,3,6,8H2;1-3H2,(H,5,6). The van der Waals surface area contributed by atoms with Crippen LogP contribution >= 0.6 is 0 Å². The summed E-state index contributed by atoms with van der Waals surface area (Å²) in [6.07, 6.45) is 14.9. The molecular formula is C33H37F3N10O2. The zero-order valence-electron chi connectivity index (χ0n) is 26.3. The summed E-state index contributed by atoms with van der Waals surface area (Å²) in [5, 5.41) is 5.68. The van der Waals surface area contributed by atoms with E-state index in [1.54, 1.807) is 31.2 Å². The third-order valence-electron chi connectivity index (χ3n) is 8.61. The number of halogens is 3. The van der Waals surface area contributed by atoms with Crippen LogP contribution in [0.1, 0.15) is 48.6 Å². The fourth-order valence-corrected chi connectivity index (χ4v) is 6.25. The second-order valence-corrected chi connectivity index (χ2v) is 11.9. The van der Waals surface area contributed by atoms with Gasteiger partial charge in [-0.15, -0.1) is 0 Å². The number of aromatic nitrogens is 4. The van der Waals surface area contributed by atoms with E-state index in [0.717, 1.165) is 45.3 Å². The highest BCUT2D eigenvalue weighted by atomic mass is 19.1. The van der Waals surface area contributed by atoms with Crippen LogP contribution in [0.4, 0.5) is 18.9 Å². The number of hydrogen-bond donors (Lipinski definition) is 1. The number of nitrogens with one attached hydrogen (secondary N) is 1. The van der Waals surface area contributed by atoms with E-state index in [2.05, 4.69) is 54.5 Å². The van der Waals surface area contributed by atoms with E-state index < -0.39 is 29.1 Å². The molecule has 0 aliphatic carbocycles. The average molecular weight is 663 g/mol. The van der Waals surface area contributed by atoms with Crippen molar-refractivity contribution in [2.45, 2.75) is 56.9 Å². The van der Waals surface area contributed by atoms with E-state index in [0.29, 0.717) is 38.2 Å². The third-order valence-corrected chi connectivity index (χ3v) is 8.61. The van der Waals surface area contributed by atoms with Crippen LogP contribution in [0.3, 0.4) is 0 Å². The number of likely N-dealkylation sites (tertiary alicyclic amines) is 2. The first-order valence-corrected chi connectivity index (χ1v) is 15.7. The van der Waals surface area contributed by atoms with E-state index in [4.69, 9.17) is 5.53 Å². The molecule has 12 nitrogen and oxygen atoms in total. The quantitative estimate of drug-likeness (QED) is 0.115. The van der Waals surface area contributed by atoms with Gasteiger partial charge in [0, 0.05) is 79.8 Å². The summed E-state index contributed by atoms with van der Waals surface area (Å²) in [6, 6.07) is 11.0. The molecule has 2 aromatic heterocycles. The lowest BCUT2D eigenvalue weighted by Gasteiger charge is -2.20. The molecule has 0 bridgehead atoms. The molecule has 3 unspecified atom stereocenters. The molecule has 1 N–H and O–H groups in total. The Kier molecular flexibility index (Phi) is 12.0. The minimum Gasteiger partial charge on any atom is -0.356 e. The van der Waals surface area contributed by atoms with Crippen molar-refractivity contribution >= 4 is 17.9 Å². The molecule has 2 aromatic carbocycles. The topological polar surface area (TPSA) is 137 Å². The highest BCUT2D eigenvalue weighted by molar-refractivity contribution is 5.77. The Bertz CT molecular complexity index is 1670.